The summed E-state index contributed by atoms with van der Waals surface area (Å²) >= 11 is 0. The van der Waals surface area contributed by atoms with E-state index in [4.69, 9.17) is 0 Å². The van der Waals surface area contributed by atoms with Gasteiger partial charge in [0.05, 0.1) is 0 Å². The third-order valence-electron chi connectivity index (χ3n) is 4.67. The van der Waals surface area contributed by atoms with E-state index >= 15 is 0 Å². The SMILES string of the molecule is CC/C=C\C/C=C\C/C=C\C/C=C\C/C=C\CCCC(=O)N1CCCC=C1C. The highest BCUT2D eigenvalue weighted by atomic mass is 16.2. The third kappa shape index (κ3) is 12.3. The van der Waals surface area contributed by atoms with Crippen molar-refractivity contribution in [2.45, 2.75) is 78.1 Å². The fourth-order valence-electron chi connectivity index (χ4n) is 3.04. The molecule has 154 valence electrons. The number of carbonyl (C=O) groups is 1. The molecule has 1 rings (SSSR count). The van der Waals surface area contributed by atoms with Gasteiger partial charge in [-0.05, 0) is 64.7 Å². The van der Waals surface area contributed by atoms with E-state index in [1.807, 2.05) is 11.8 Å². The molecule has 0 atom stereocenters. The average Bonchev–Trinajstić information content (AvgIpc) is 2.70. The molecule has 0 spiro atoms. The van der Waals surface area contributed by atoms with Crippen molar-refractivity contribution in [3.63, 3.8) is 0 Å². The Labute approximate surface area is 173 Å². The van der Waals surface area contributed by atoms with Gasteiger partial charge in [0.2, 0.25) is 5.91 Å². The van der Waals surface area contributed by atoms with Crippen LogP contribution in [0.25, 0.3) is 0 Å². The number of hydrogen-bond donors (Lipinski definition) is 0. The summed E-state index contributed by atoms with van der Waals surface area (Å²) in [6, 6.07) is 0. The first kappa shape index (κ1) is 23.9. The molecule has 0 bridgehead atoms. The number of carbonyl (C=O) groups excluding carboxylic acids is 1. The average molecular weight is 382 g/mol. The number of unbranched alkanes of at least 4 members (excludes halogenated alkanes) is 1. The summed E-state index contributed by atoms with van der Waals surface area (Å²) in [5.41, 5.74) is 1.13. The minimum Gasteiger partial charge on any atom is -0.317 e. The molecule has 2 nitrogen and oxygen atoms in total. The lowest BCUT2D eigenvalue weighted by molar-refractivity contribution is -0.129. The normalized spacial score (nSPS) is 15.8. The van der Waals surface area contributed by atoms with Gasteiger partial charge in [-0.1, -0.05) is 73.8 Å². The summed E-state index contributed by atoms with van der Waals surface area (Å²) in [4.78, 5) is 14.2. The number of nitrogens with zero attached hydrogens (tertiary/aromatic N) is 1. The molecule has 0 saturated carbocycles. The Morgan fingerprint density at radius 3 is 1.96 bits per heavy atom. The smallest absolute Gasteiger partial charge is 0.226 e. The van der Waals surface area contributed by atoms with Crippen LogP contribution in [0.5, 0.6) is 0 Å². The van der Waals surface area contributed by atoms with Gasteiger partial charge in [-0.3, -0.25) is 4.79 Å². The third-order valence-corrected chi connectivity index (χ3v) is 4.67. The Bertz CT molecular complexity index is 590. The van der Waals surface area contributed by atoms with E-state index in [0.717, 1.165) is 70.0 Å². The standard InChI is InChI=1S/C26H39NO/c1-3-4-5-6-7-8-9-10-11-12-13-14-15-16-17-18-19-23-26(28)27-24-21-20-22-25(27)2/h4-5,7-8,10-11,13-14,16-17,22H,3,6,9,12,15,18-21,23-24H2,1-2H3/b5-4-,8-7-,11-10-,14-13-,17-16-. The lowest BCUT2D eigenvalue weighted by atomic mass is 10.1. The van der Waals surface area contributed by atoms with Crippen LogP contribution in [-0.2, 0) is 4.79 Å². The van der Waals surface area contributed by atoms with Crippen LogP contribution < -0.4 is 0 Å². The Morgan fingerprint density at radius 2 is 1.43 bits per heavy atom. The monoisotopic (exact) mass is 381 g/mol. The second kappa shape index (κ2) is 17.0. The lowest BCUT2D eigenvalue weighted by Crippen LogP contribution is -2.31. The summed E-state index contributed by atoms with van der Waals surface area (Å²) in [5, 5.41) is 0. The van der Waals surface area contributed by atoms with E-state index in [9.17, 15) is 4.79 Å². The quantitative estimate of drug-likeness (QED) is 0.240. The summed E-state index contributed by atoms with van der Waals surface area (Å²) in [6.45, 7) is 5.09. The Balaban J connectivity index is 2.00. The van der Waals surface area contributed by atoms with E-state index in [1.54, 1.807) is 0 Å². The molecule has 0 aromatic rings. The van der Waals surface area contributed by atoms with Gasteiger partial charge in [-0.25, -0.2) is 0 Å². The zero-order valence-corrected chi connectivity index (χ0v) is 18.0. The van der Waals surface area contributed by atoms with Gasteiger partial charge in [0.1, 0.15) is 0 Å². The fourth-order valence-corrected chi connectivity index (χ4v) is 3.04. The maximum absolute atomic E-state index is 12.2. The Morgan fingerprint density at radius 1 is 0.893 bits per heavy atom. The van der Waals surface area contributed by atoms with Crippen molar-refractivity contribution in [3.8, 4) is 0 Å². The molecule has 0 unspecified atom stereocenters. The first-order chi connectivity index (χ1) is 13.8. The zero-order chi connectivity index (χ0) is 20.3. The zero-order valence-electron chi connectivity index (χ0n) is 18.0. The minimum atomic E-state index is 0.279. The van der Waals surface area contributed by atoms with Crippen LogP contribution in [0.3, 0.4) is 0 Å². The molecule has 1 aliphatic heterocycles. The van der Waals surface area contributed by atoms with Gasteiger partial charge in [-0.15, -0.1) is 0 Å². The van der Waals surface area contributed by atoms with Crippen LogP contribution in [0.1, 0.15) is 78.1 Å². The molecule has 1 amide bonds. The van der Waals surface area contributed by atoms with E-state index < -0.39 is 0 Å². The maximum atomic E-state index is 12.2. The van der Waals surface area contributed by atoms with Gasteiger partial charge in [-0.2, -0.15) is 0 Å². The van der Waals surface area contributed by atoms with Crippen molar-refractivity contribution in [1.29, 1.82) is 0 Å². The molecule has 28 heavy (non-hydrogen) atoms. The van der Waals surface area contributed by atoms with Crippen molar-refractivity contribution in [2.24, 2.45) is 0 Å². The molecule has 0 N–H and O–H groups in total. The topological polar surface area (TPSA) is 20.3 Å². The summed E-state index contributed by atoms with van der Waals surface area (Å²) in [7, 11) is 0. The molecule has 0 saturated heterocycles. The predicted molar refractivity (Wildman–Crippen MR) is 123 cm³/mol. The summed E-state index contributed by atoms with van der Waals surface area (Å²) < 4.78 is 0. The van der Waals surface area contributed by atoms with Gasteiger partial charge < -0.3 is 4.90 Å². The van der Waals surface area contributed by atoms with Gasteiger partial charge in [0, 0.05) is 18.7 Å². The van der Waals surface area contributed by atoms with Crippen molar-refractivity contribution >= 4 is 5.91 Å². The molecule has 0 fully saturated rings. The highest BCUT2D eigenvalue weighted by Crippen LogP contribution is 2.16. The summed E-state index contributed by atoms with van der Waals surface area (Å²) in [5.74, 6) is 0.279. The van der Waals surface area contributed by atoms with E-state index in [2.05, 4.69) is 73.8 Å². The van der Waals surface area contributed by atoms with Gasteiger partial charge in [0.25, 0.3) is 0 Å². The highest BCUT2D eigenvalue weighted by Gasteiger charge is 2.16. The van der Waals surface area contributed by atoms with Gasteiger partial charge >= 0.3 is 0 Å². The molecule has 2 heteroatoms. The summed E-state index contributed by atoms with van der Waals surface area (Å²) in [6.07, 6.45) is 34.2. The first-order valence-electron chi connectivity index (χ1n) is 11.0. The number of rotatable bonds is 13. The van der Waals surface area contributed by atoms with Crippen LogP contribution in [0, 0.1) is 0 Å². The maximum Gasteiger partial charge on any atom is 0.226 e. The van der Waals surface area contributed by atoms with Crippen LogP contribution in [0.2, 0.25) is 0 Å². The minimum absolute atomic E-state index is 0.279. The largest absolute Gasteiger partial charge is 0.317 e. The predicted octanol–water partition coefficient (Wildman–Crippen LogP) is 7.43. The molecule has 0 radical (unpaired) electrons. The van der Waals surface area contributed by atoms with E-state index in [0.29, 0.717) is 6.42 Å². The molecule has 0 aromatic heterocycles. The second-order valence-corrected chi connectivity index (χ2v) is 7.13. The second-order valence-electron chi connectivity index (χ2n) is 7.13. The Hall–Kier alpha value is -2.09. The van der Waals surface area contributed by atoms with Crippen molar-refractivity contribution in [3.05, 3.63) is 72.5 Å². The first-order valence-corrected chi connectivity index (χ1v) is 11.0. The molecular weight excluding hydrogens is 342 g/mol. The number of hydrogen-bond acceptors (Lipinski definition) is 1. The van der Waals surface area contributed by atoms with Gasteiger partial charge in [0.15, 0.2) is 0 Å². The highest BCUT2D eigenvalue weighted by molar-refractivity contribution is 5.78. The van der Waals surface area contributed by atoms with Crippen molar-refractivity contribution in [1.82, 2.24) is 4.90 Å². The van der Waals surface area contributed by atoms with Crippen LogP contribution >= 0.6 is 0 Å². The van der Waals surface area contributed by atoms with Crippen LogP contribution in [-0.4, -0.2) is 17.4 Å². The molecular formula is C26H39NO. The van der Waals surface area contributed by atoms with Crippen LogP contribution in [0.4, 0.5) is 0 Å². The van der Waals surface area contributed by atoms with E-state index in [-0.39, 0.29) is 5.91 Å². The number of allylic oxidation sites excluding steroid dienone is 12. The number of amides is 1. The molecule has 1 heterocycles. The molecule has 0 aromatic carbocycles. The van der Waals surface area contributed by atoms with Crippen molar-refractivity contribution < 1.29 is 4.79 Å². The van der Waals surface area contributed by atoms with Crippen LogP contribution in [0.15, 0.2) is 72.5 Å². The Kier molecular flexibility index (Phi) is 14.6. The lowest BCUT2D eigenvalue weighted by Gasteiger charge is -2.26. The fraction of sp³-hybridized carbons (Fsp3) is 0.500. The molecule has 1 aliphatic rings. The molecule has 0 aliphatic carbocycles. The van der Waals surface area contributed by atoms with E-state index in [1.165, 1.54) is 0 Å². The van der Waals surface area contributed by atoms with Crippen molar-refractivity contribution in [2.75, 3.05) is 6.54 Å².